The highest BCUT2D eigenvalue weighted by Gasteiger charge is 1.80. The van der Waals surface area contributed by atoms with E-state index in [0.29, 0.717) is 5.57 Å². The molecule has 9 heavy (non-hydrogen) atoms. The fraction of sp³-hybridized carbons (Fsp3) is 0.111. The predicted octanol–water partition coefficient (Wildman–Crippen LogP) is 2.31. The van der Waals surface area contributed by atoms with Crippen LogP contribution in [-0.4, -0.2) is 0 Å². The van der Waals surface area contributed by atoms with Gasteiger partial charge in [0, 0.05) is 5.57 Å². The van der Waals surface area contributed by atoms with Gasteiger partial charge in [0.1, 0.15) is 0 Å². The quantitative estimate of drug-likeness (QED) is 0.385. The lowest BCUT2D eigenvalue weighted by Crippen LogP contribution is -1.69. The van der Waals surface area contributed by atoms with E-state index in [2.05, 4.69) is 19.1 Å². The van der Waals surface area contributed by atoms with Gasteiger partial charge < -0.3 is 0 Å². The lowest BCUT2D eigenvalue weighted by molar-refractivity contribution is 1.52. The molecule has 0 aromatic carbocycles. The van der Waals surface area contributed by atoms with Crippen LogP contribution >= 0.6 is 0 Å². The number of hydrogen-bond acceptors (Lipinski definition) is 0. The van der Waals surface area contributed by atoms with Crippen molar-refractivity contribution in [3.05, 3.63) is 36.5 Å². The number of allylic oxidation sites excluding steroid dienone is 4. The van der Waals surface area contributed by atoms with Crippen LogP contribution in [0.3, 0.4) is 0 Å². The van der Waals surface area contributed by atoms with E-state index in [1.165, 1.54) is 0 Å². The summed E-state index contributed by atoms with van der Waals surface area (Å²) in [7, 11) is 0. The molecule has 0 aliphatic heterocycles. The van der Waals surface area contributed by atoms with Crippen molar-refractivity contribution in [2.45, 2.75) is 6.92 Å². The summed E-state index contributed by atoms with van der Waals surface area (Å²) in [6, 6.07) is 0. The third kappa shape index (κ3) is 3.37. The van der Waals surface area contributed by atoms with E-state index in [4.69, 9.17) is 6.42 Å². The molecule has 0 bridgehead atoms. The molecule has 0 aromatic rings. The third-order valence-electron chi connectivity index (χ3n) is 0.909. The molecule has 0 aliphatic carbocycles. The minimum Gasteiger partial charge on any atom is -0.115 e. The average molecular weight is 118 g/mol. The van der Waals surface area contributed by atoms with E-state index < -0.39 is 0 Å². The maximum absolute atomic E-state index is 5.05. The molecule has 0 spiro atoms. The third-order valence-corrected chi connectivity index (χ3v) is 0.909. The summed E-state index contributed by atoms with van der Waals surface area (Å²) >= 11 is 0. The molecule has 0 atom stereocenters. The van der Waals surface area contributed by atoms with E-state index >= 15 is 0 Å². The SMILES string of the molecule is C#CC(=C)/C=C(/C)C=C. The Morgan fingerprint density at radius 2 is 2.22 bits per heavy atom. The Morgan fingerprint density at radius 1 is 1.67 bits per heavy atom. The lowest BCUT2D eigenvalue weighted by Gasteiger charge is -1.87. The van der Waals surface area contributed by atoms with Gasteiger partial charge >= 0.3 is 0 Å². The molecule has 0 N–H and O–H groups in total. The van der Waals surface area contributed by atoms with Crippen molar-refractivity contribution in [2.75, 3.05) is 0 Å². The van der Waals surface area contributed by atoms with Gasteiger partial charge in [-0.3, -0.25) is 0 Å². The summed E-state index contributed by atoms with van der Waals surface area (Å²) in [5, 5.41) is 0. The highest BCUT2D eigenvalue weighted by Crippen LogP contribution is 1.98. The Kier molecular flexibility index (Phi) is 3.23. The minimum absolute atomic E-state index is 0.687. The van der Waals surface area contributed by atoms with E-state index in [9.17, 15) is 0 Å². The van der Waals surface area contributed by atoms with Gasteiger partial charge in [-0.05, 0) is 13.0 Å². The molecule has 0 heterocycles. The zero-order valence-electron chi connectivity index (χ0n) is 5.65. The smallest absolute Gasteiger partial charge is 0.0173 e. The van der Waals surface area contributed by atoms with Crippen molar-refractivity contribution in [1.29, 1.82) is 0 Å². The summed E-state index contributed by atoms with van der Waals surface area (Å²) in [6.07, 6.45) is 8.60. The van der Waals surface area contributed by atoms with Gasteiger partial charge in [-0.2, -0.15) is 0 Å². The highest BCUT2D eigenvalue weighted by molar-refractivity contribution is 5.37. The van der Waals surface area contributed by atoms with E-state index in [1.54, 1.807) is 6.08 Å². The minimum atomic E-state index is 0.687. The summed E-state index contributed by atoms with van der Waals surface area (Å²) < 4.78 is 0. The number of terminal acetylenes is 1. The first-order valence-electron chi connectivity index (χ1n) is 2.67. The first-order valence-corrected chi connectivity index (χ1v) is 2.67. The molecular weight excluding hydrogens is 108 g/mol. The van der Waals surface area contributed by atoms with Gasteiger partial charge in [-0.25, -0.2) is 0 Å². The Bertz CT molecular complexity index is 187. The van der Waals surface area contributed by atoms with Crippen LogP contribution in [0.4, 0.5) is 0 Å². The Morgan fingerprint density at radius 3 is 2.56 bits per heavy atom. The van der Waals surface area contributed by atoms with E-state index in [1.807, 2.05) is 13.0 Å². The predicted molar refractivity (Wildman–Crippen MR) is 41.9 cm³/mol. The van der Waals surface area contributed by atoms with Crippen LogP contribution in [0.1, 0.15) is 6.92 Å². The molecule has 0 aliphatic rings. The lowest BCUT2D eigenvalue weighted by atomic mass is 10.2. The first-order chi connectivity index (χ1) is 4.20. The van der Waals surface area contributed by atoms with Crippen LogP contribution < -0.4 is 0 Å². The Labute approximate surface area is 56.6 Å². The summed E-state index contributed by atoms with van der Waals surface area (Å²) in [6.45, 7) is 9.10. The fourth-order valence-corrected chi connectivity index (χ4v) is 0.375. The Hall–Kier alpha value is -1.22. The maximum Gasteiger partial charge on any atom is 0.0173 e. The second-order valence-electron chi connectivity index (χ2n) is 1.76. The van der Waals surface area contributed by atoms with Gasteiger partial charge in [0.05, 0.1) is 0 Å². The van der Waals surface area contributed by atoms with Crippen LogP contribution in [0.5, 0.6) is 0 Å². The van der Waals surface area contributed by atoms with Gasteiger partial charge in [-0.1, -0.05) is 30.7 Å². The van der Waals surface area contributed by atoms with Crippen LogP contribution in [-0.2, 0) is 0 Å². The molecule has 0 nitrogen and oxygen atoms in total. The molecule has 0 amide bonds. The zero-order valence-corrected chi connectivity index (χ0v) is 5.65. The van der Waals surface area contributed by atoms with E-state index in [0.717, 1.165) is 5.57 Å². The van der Waals surface area contributed by atoms with Gasteiger partial charge in [0.15, 0.2) is 0 Å². The monoisotopic (exact) mass is 118 g/mol. The second-order valence-corrected chi connectivity index (χ2v) is 1.76. The average Bonchev–Trinajstić information content (AvgIpc) is 1.87. The van der Waals surface area contributed by atoms with Gasteiger partial charge in [0.2, 0.25) is 0 Å². The highest BCUT2D eigenvalue weighted by atomic mass is 13.8. The standard InChI is InChI=1S/C9H10/c1-5-8(3)7-9(4)6-2/h1,6-7H,2-3H2,4H3/b9-7-. The molecule has 0 saturated carbocycles. The Balaban J connectivity index is 4.16. The van der Waals surface area contributed by atoms with Crippen molar-refractivity contribution < 1.29 is 0 Å². The van der Waals surface area contributed by atoms with Crippen molar-refractivity contribution in [3.8, 4) is 12.3 Å². The molecule has 0 rings (SSSR count). The van der Waals surface area contributed by atoms with Crippen LogP contribution in [0.2, 0.25) is 0 Å². The molecule has 0 heteroatoms. The van der Waals surface area contributed by atoms with Crippen molar-refractivity contribution >= 4 is 0 Å². The molecule has 0 radical (unpaired) electrons. The van der Waals surface area contributed by atoms with Gasteiger partial charge in [-0.15, -0.1) is 6.42 Å². The molecule has 0 fully saturated rings. The summed E-state index contributed by atoms with van der Waals surface area (Å²) in [5.74, 6) is 2.41. The second kappa shape index (κ2) is 3.74. The van der Waals surface area contributed by atoms with Crippen LogP contribution in [0.15, 0.2) is 36.5 Å². The molecule has 0 saturated heterocycles. The molecule has 46 valence electrons. The summed E-state index contributed by atoms with van der Waals surface area (Å²) in [5.41, 5.74) is 1.73. The number of hydrogen-bond donors (Lipinski definition) is 0. The molecular formula is C9H10. The topological polar surface area (TPSA) is 0 Å². The molecule has 0 unspecified atom stereocenters. The van der Waals surface area contributed by atoms with Crippen molar-refractivity contribution in [3.63, 3.8) is 0 Å². The normalized spacial score (nSPS) is 10.0. The zero-order chi connectivity index (χ0) is 7.28. The van der Waals surface area contributed by atoms with Crippen LogP contribution in [0.25, 0.3) is 0 Å². The maximum atomic E-state index is 5.05. The number of rotatable bonds is 2. The largest absolute Gasteiger partial charge is 0.115 e. The fourth-order valence-electron chi connectivity index (χ4n) is 0.375. The van der Waals surface area contributed by atoms with Crippen LogP contribution in [0, 0.1) is 12.3 Å². The van der Waals surface area contributed by atoms with Crippen molar-refractivity contribution in [1.82, 2.24) is 0 Å². The first kappa shape index (κ1) is 7.78. The van der Waals surface area contributed by atoms with E-state index in [-0.39, 0.29) is 0 Å². The summed E-state index contributed by atoms with van der Waals surface area (Å²) in [4.78, 5) is 0. The van der Waals surface area contributed by atoms with Crippen molar-refractivity contribution in [2.24, 2.45) is 0 Å². The van der Waals surface area contributed by atoms with Gasteiger partial charge in [0.25, 0.3) is 0 Å². The molecule has 0 aromatic heterocycles.